The summed E-state index contributed by atoms with van der Waals surface area (Å²) < 4.78 is 0. The van der Waals surface area contributed by atoms with Gasteiger partial charge in [-0.2, -0.15) is 0 Å². The van der Waals surface area contributed by atoms with Crippen LogP contribution in [-0.2, 0) is 0 Å². The van der Waals surface area contributed by atoms with E-state index in [4.69, 9.17) is 0 Å². The first-order valence-corrected chi connectivity index (χ1v) is 6.37. The molecule has 3 atom stereocenters. The van der Waals surface area contributed by atoms with Gasteiger partial charge in [0.25, 0.3) is 0 Å². The van der Waals surface area contributed by atoms with Crippen LogP contribution >= 0.6 is 0 Å². The zero-order chi connectivity index (χ0) is 10.8. The molecule has 3 nitrogen and oxygen atoms in total. The zero-order valence-corrected chi connectivity index (χ0v) is 9.60. The smallest absolute Gasteiger partial charge is 0.115 e. The van der Waals surface area contributed by atoms with Gasteiger partial charge in [0, 0.05) is 12.4 Å². The van der Waals surface area contributed by atoms with E-state index in [1.807, 2.05) is 12.4 Å². The summed E-state index contributed by atoms with van der Waals surface area (Å²) in [7, 11) is 0. The van der Waals surface area contributed by atoms with Crippen LogP contribution in [0.25, 0.3) is 0 Å². The summed E-state index contributed by atoms with van der Waals surface area (Å²) in [6.45, 7) is 2.44. The molecule has 1 saturated heterocycles. The van der Waals surface area contributed by atoms with E-state index in [2.05, 4.69) is 15.3 Å². The Kier molecular flexibility index (Phi) is 2.87. The number of fused-ring (bicyclic) bond motifs is 2. The van der Waals surface area contributed by atoms with Gasteiger partial charge in [0.2, 0.25) is 0 Å². The number of hydrogen-bond donors (Lipinski definition) is 1. The lowest BCUT2D eigenvalue weighted by Gasteiger charge is -2.27. The number of rotatable bonds is 1. The Balaban J connectivity index is 1.77. The second kappa shape index (κ2) is 4.50. The van der Waals surface area contributed by atoms with E-state index in [1.54, 1.807) is 6.33 Å². The third kappa shape index (κ3) is 2.09. The fourth-order valence-electron chi connectivity index (χ4n) is 3.31. The molecule has 3 heteroatoms. The highest BCUT2D eigenvalue weighted by atomic mass is 14.9. The average molecular weight is 217 g/mol. The van der Waals surface area contributed by atoms with Crippen LogP contribution in [0.15, 0.2) is 18.7 Å². The van der Waals surface area contributed by atoms with Gasteiger partial charge < -0.3 is 5.32 Å². The summed E-state index contributed by atoms with van der Waals surface area (Å²) in [5.41, 5.74) is 1.34. The zero-order valence-electron chi connectivity index (χ0n) is 9.60. The van der Waals surface area contributed by atoms with E-state index in [-0.39, 0.29) is 0 Å². The maximum atomic E-state index is 4.15. The summed E-state index contributed by atoms with van der Waals surface area (Å²) in [6.07, 6.45) is 11.0. The third-order valence-corrected chi connectivity index (χ3v) is 4.13. The molecule has 86 valence electrons. The van der Waals surface area contributed by atoms with Gasteiger partial charge >= 0.3 is 0 Å². The molecule has 1 aliphatic carbocycles. The maximum absolute atomic E-state index is 4.15. The Morgan fingerprint density at radius 1 is 1.00 bits per heavy atom. The van der Waals surface area contributed by atoms with E-state index in [0.717, 1.165) is 11.8 Å². The predicted molar refractivity (Wildman–Crippen MR) is 63.1 cm³/mol. The molecular weight excluding hydrogens is 198 g/mol. The summed E-state index contributed by atoms with van der Waals surface area (Å²) in [6, 6.07) is 0. The van der Waals surface area contributed by atoms with Crippen molar-refractivity contribution in [2.24, 2.45) is 11.8 Å². The van der Waals surface area contributed by atoms with Crippen molar-refractivity contribution in [3.8, 4) is 0 Å². The van der Waals surface area contributed by atoms with Gasteiger partial charge in [0.1, 0.15) is 6.33 Å². The van der Waals surface area contributed by atoms with Gasteiger partial charge in [0.15, 0.2) is 0 Å². The maximum Gasteiger partial charge on any atom is 0.115 e. The molecule has 0 aromatic carbocycles. The number of piperidine rings is 1. The molecule has 2 heterocycles. The molecule has 1 aromatic heterocycles. The normalized spacial score (nSPS) is 34.4. The molecule has 0 radical (unpaired) electrons. The van der Waals surface area contributed by atoms with Crippen LogP contribution in [0, 0.1) is 11.8 Å². The van der Waals surface area contributed by atoms with Crippen molar-refractivity contribution in [1.82, 2.24) is 15.3 Å². The van der Waals surface area contributed by atoms with Gasteiger partial charge in [-0.1, -0.05) is 0 Å². The average Bonchev–Trinajstić information content (AvgIpc) is 2.49. The largest absolute Gasteiger partial charge is 0.316 e. The van der Waals surface area contributed by atoms with Crippen LogP contribution in [0.4, 0.5) is 0 Å². The van der Waals surface area contributed by atoms with Crippen molar-refractivity contribution >= 4 is 0 Å². The second-order valence-corrected chi connectivity index (χ2v) is 5.31. The fourth-order valence-corrected chi connectivity index (χ4v) is 3.31. The molecule has 16 heavy (non-hydrogen) atoms. The summed E-state index contributed by atoms with van der Waals surface area (Å²) in [4.78, 5) is 8.30. The van der Waals surface area contributed by atoms with Gasteiger partial charge in [-0.05, 0) is 62.1 Å². The molecule has 3 unspecified atom stereocenters. The fraction of sp³-hybridized carbons (Fsp3) is 0.692. The van der Waals surface area contributed by atoms with E-state index in [1.165, 1.54) is 44.3 Å². The summed E-state index contributed by atoms with van der Waals surface area (Å²) in [5, 5.41) is 3.57. The lowest BCUT2D eigenvalue weighted by Crippen LogP contribution is -2.35. The second-order valence-electron chi connectivity index (χ2n) is 5.31. The number of hydrogen-bond acceptors (Lipinski definition) is 3. The molecule has 3 rings (SSSR count). The molecule has 0 amide bonds. The number of aromatic nitrogens is 2. The molecule has 1 saturated carbocycles. The van der Waals surface area contributed by atoms with E-state index >= 15 is 0 Å². The van der Waals surface area contributed by atoms with Crippen molar-refractivity contribution in [3.63, 3.8) is 0 Å². The first-order chi connectivity index (χ1) is 7.92. The van der Waals surface area contributed by atoms with Crippen LogP contribution in [0.1, 0.15) is 37.2 Å². The molecule has 1 aromatic rings. The molecule has 2 bridgehead atoms. The summed E-state index contributed by atoms with van der Waals surface area (Å²) >= 11 is 0. The standard InChI is InChI=1S/C13H19N3/c1-2-12(13-7-15-9-16-8-13)4-11-3-10(1)5-14-6-11/h7-12,14H,1-6H2. The Morgan fingerprint density at radius 2 is 1.81 bits per heavy atom. The van der Waals surface area contributed by atoms with Crippen LogP contribution in [0.5, 0.6) is 0 Å². The molecule has 0 spiro atoms. The monoisotopic (exact) mass is 217 g/mol. The van der Waals surface area contributed by atoms with E-state index in [0.29, 0.717) is 5.92 Å². The van der Waals surface area contributed by atoms with Crippen LogP contribution in [0.3, 0.4) is 0 Å². The van der Waals surface area contributed by atoms with Crippen LogP contribution in [0.2, 0.25) is 0 Å². The predicted octanol–water partition coefficient (Wildman–Crippen LogP) is 1.97. The Hall–Kier alpha value is -0.960. The van der Waals surface area contributed by atoms with Gasteiger partial charge in [0.05, 0.1) is 0 Å². The topological polar surface area (TPSA) is 37.8 Å². The summed E-state index contributed by atoms with van der Waals surface area (Å²) in [5.74, 6) is 2.47. The van der Waals surface area contributed by atoms with Crippen molar-refractivity contribution in [1.29, 1.82) is 0 Å². The molecule has 2 aliphatic rings. The highest BCUT2D eigenvalue weighted by molar-refractivity contribution is 5.11. The van der Waals surface area contributed by atoms with Crippen molar-refractivity contribution in [3.05, 3.63) is 24.3 Å². The Labute approximate surface area is 96.7 Å². The minimum Gasteiger partial charge on any atom is -0.316 e. The van der Waals surface area contributed by atoms with Gasteiger partial charge in [-0.25, -0.2) is 9.97 Å². The first kappa shape index (κ1) is 10.2. The quantitative estimate of drug-likeness (QED) is 0.781. The first-order valence-electron chi connectivity index (χ1n) is 6.37. The van der Waals surface area contributed by atoms with Crippen LogP contribution < -0.4 is 5.32 Å². The molecular formula is C13H19N3. The highest BCUT2D eigenvalue weighted by Crippen LogP contribution is 2.37. The van der Waals surface area contributed by atoms with Crippen molar-refractivity contribution < 1.29 is 0 Å². The van der Waals surface area contributed by atoms with Crippen LogP contribution in [-0.4, -0.2) is 23.1 Å². The number of nitrogens with zero attached hydrogens (tertiary/aromatic N) is 2. The van der Waals surface area contributed by atoms with E-state index < -0.39 is 0 Å². The third-order valence-electron chi connectivity index (χ3n) is 4.13. The number of nitrogens with one attached hydrogen (secondary N) is 1. The minimum absolute atomic E-state index is 0.691. The van der Waals surface area contributed by atoms with Gasteiger partial charge in [-0.15, -0.1) is 0 Å². The SMILES string of the molecule is c1ncc(C2CCC3CNCC(C3)C2)cn1. The highest BCUT2D eigenvalue weighted by Gasteiger charge is 2.29. The van der Waals surface area contributed by atoms with E-state index in [9.17, 15) is 0 Å². The van der Waals surface area contributed by atoms with Gasteiger partial charge in [-0.3, -0.25) is 0 Å². The lowest BCUT2D eigenvalue weighted by molar-refractivity contribution is 0.289. The Morgan fingerprint density at radius 3 is 2.69 bits per heavy atom. The lowest BCUT2D eigenvalue weighted by atomic mass is 9.87. The molecule has 2 fully saturated rings. The molecule has 1 N–H and O–H groups in total. The van der Waals surface area contributed by atoms with Crippen molar-refractivity contribution in [2.75, 3.05) is 13.1 Å². The Bertz CT molecular complexity index is 338. The minimum atomic E-state index is 0.691. The van der Waals surface area contributed by atoms with Crippen molar-refractivity contribution in [2.45, 2.75) is 31.6 Å². The molecule has 1 aliphatic heterocycles.